The number of nitrogens with one attached hydrogen (secondary N) is 1. The zero-order valence-electron chi connectivity index (χ0n) is 13.7. The standard InChI is InChI=1S/C18H22N4O/c1-3-5-11-22-18-14(17(21-22)20-16(23)8-4-2)12-13-9-6-7-10-15(13)19-18/h6-7,9-10,12H,3-5,8,11H2,1-2H3,(H,20,21,23). The molecule has 0 bridgehead atoms. The van der Waals surface area contributed by atoms with Crippen molar-refractivity contribution in [2.24, 2.45) is 0 Å². The Morgan fingerprint density at radius 3 is 2.83 bits per heavy atom. The summed E-state index contributed by atoms with van der Waals surface area (Å²) >= 11 is 0. The topological polar surface area (TPSA) is 59.8 Å². The zero-order valence-corrected chi connectivity index (χ0v) is 13.7. The Balaban J connectivity index is 2.10. The Labute approximate surface area is 135 Å². The minimum Gasteiger partial charge on any atom is -0.309 e. The number of aryl methyl sites for hydroxylation is 1. The van der Waals surface area contributed by atoms with Gasteiger partial charge in [0, 0.05) is 18.4 Å². The molecule has 3 rings (SSSR count). The number of amides is 1. The number of aromatic nitrogens is 3. The van der Waals surface area contributed by atoms with Gasteiger partial charge in [0.25, 0.3) is 0 Å². The van der Waals surface area contributed by atoms with Gasteiger partial charge in [-0.15, -0.1) is 0 Å². The molecule has 3 aromatic rings. The van der Waals surface area contributed by atoms with E-state index in [9.17, 15) is 4.79 Å². The van der Waals surface area contributed by atoms with E-state index in [1.54, 1.807) is 0 Å². The molecule has 0 atom stereocenters. The van der Waals surface area contributed by atoms with Crippen LogP contribution in [0.25, 0.3) is 21.9 Å². The molecule has 1 N–H and O–H groups in total. The van der Waals surface area contributed by atoms with Crippen LogP contribution in [0.4, 0.5) is 5.82 Å². The summed E-state index contributed by atoms with van der Waals surface area (Å²) in [6, 6.07) is 10.1. The minimum atomic E-state index is 0.00250. The normalized spacial score (nSPS) is 11.2. The molecule has 0 aliphatic heterocycles. The average Bonchev–Trinajstić information content (AvgIpc) is 2.88. The van der Waals surface area contributed by atoms with E-state index in [-0.39, 0.29) is 5.91 Å². The Bertz CT molecular complexity index is 838. The van der Waals surface area contributed by atoms with Crippen molar-refractivity contribution < 1.29 is 4.79 Å². The Morgan fingerprint density at radius 1 is 1.22 bits per heavy atom. The summed E-state index contributed by atoms with van der Waals surface area (Å²) in [6.07, 6.45) is 3.45. The molecule has 0 saturated carbocycles. The van der Waals surface area contributed by atoms with Crippen molar-refractivity contribution in [2.45, 2.75) is 46.1 Å². The first-order chi connectivity index (χ1) is 11.2. The molecule has 120 valence electrons. The highest BCUT2D eigenvalue weighted by Gasteiger charge is 2.14. The van der Waals surface area contributed by atoms with Crippen LogP contribution in [-0.2, 0) is 11.3 Å². The summed E-state index contributed by atoms with van der Waals surface area (Å²) in [5.74, 6) is 0.621. The Morgan fingerprint density at radius 2 is 2.04 bits per heavy atom. The third-order valence-corrected chi connectivity index (χ3v) is 3.88. The molecule has 2 aromatic heterocycles. The zero-order chi connectivity index (χ0) is 16.2. The first kappa shape index (κ1) is 15.5. The molecule has 23 heavy (non-hydrogen) atoms. The summed E-state index contributed by atoms with van der Waals surface area (Å²) in [7, 11) is 0. The van der Waals surface area contributed by atoms with E-state index in [0.29, 0.717) is 12.2 Å². The fourth-order valence-corrected chi connectivity index (χ4v) is 2.68. The molecule has 0 saturated heterocycles. The van der Waals surface area contributed by atoms with Gasteiger partial charge >= 0.3 is 0 Å². The summed E-state index contributed by atoms with van der Waals surface area (Å²) in [4.78, 5) is 16.7. The van der Waals surface area contributed by atoms with Crippen molar-refractivity contribution >= 4 is 33.7 Å². The predicted octanol–water partition coefficient (Wildman–Crippen LogP) is 4.12. The van der Waals surface area contributed by atoms with Gasteiger partial charge in [-0.25, -0.2) is 9.67 Å². The van der Waals surface area contributed by atoms with E-state index in [0.717, 1.165) is 47.7 Å². The van der Waals surface area contributed by atoms with Gasteiger partial charge in [0.05, 0.1) is 10.9 Å². The van der Waals surface area contributed by atoms with Crippen LogP contribution in [0.1, 0.15) is 39.5 Å². The van der Waals surface area contributed by atoms with E-state index in [1.165, 1.54) is 0 Å². The van der Waals surface area contributed by atoms with Gasteiger partial charge in [-0.05, 0) is 25.0 Å². The number of benzene rings is 1. The van der Waals surface area contributed by atoms with Crippen molar-refractivity contribution in [3.8, 4) is 0 Å². The maximum atomic E-state index is 12.0. The molecule has 0 spiro atoms. The SMILES string of the molecule is CCCCn1nc(NC(=O)CCC)c2cc3ccccc3nc21. The summed E-state index contributed by atoms with van der Waals surface area (Å²) < 4.78 is 1.91. The number of carbonyl (C=O) groups is 1. The first-order valence-electron chi connectivity index (χ1n) is 8.29. The number of carbonyl (C=O) groups excluding carboxylic acids is 1. The van der Waals surface area contributed by atoms with Gasteiger partial charge in [-0.1, -0.05) is 38.5 Å². The smallest absolute Gasteiger partial charge is 0.225 e. The van der Waals surface area contributed by atoms with Crippen LogP contribution in [0.15, 0.2) is 30.3 Å². The van der Waals surface area contributed by atoms with Gasteiger partial charge in [0.1, 0.15) is 0 Å². The lowest BCUT2D eigenvalue weighted by Crippen LogP contribution is -2.11. The van der Waals surface area contributed by atoms with Gasteiger partial charge in [0.2, 0.25) is 5.91 Å². The molecular formula is C18H22N4O. The third-order valence-electron chi connectivity index (χ3n) is 3.88. The Kier molecular flexibility index (Phi) is 4.55. The monoisotopic (exact) mass is 310 g/mol. The highest BCUT2D eigenvalue weighted by molar-refractivity contribution is 6.02. The number of para-hydroxylation sites is 1. The fourth-order valence-electron chi connectivity index (χ4n) is 2.68. The Hall–Kier alpha value is -2.43. The largest absolute Gasteiger partial charge is 0.309 e. The van der Waals surface area contributed by atoms with Crippen molar-refractivity contribution in [3.63, 3.8) is 0 Å². The van der Waals surface area contributed by atoms with E-state index in [1.807, 2.05) is 35.9 Å². The molecule has 2 heterocycles. The van der Waals surface area contributed by atoms with Crippen LogP contribution in [-0.4, -0.2) is 20.7 Å². The van der Waals surface area contributed by atoms with Crippen LogP contribution in [0.3, 0.4) is 0 Å². The molecule has 0 aliphatic carbocycles. The summed E-state index contributed by atoms with van der Waals surface area (Å²) in [5, 5.41) is 9.49. The molecule has 1 amide bonds. The average molecular weight is 310 g/mol. The van der Waals surface area contributed by atoms with Crippen LogP contribution >= 0.6 is 0 Å². The van der Waals surface area contributed by atoms with Gasteiger partial charge < -0.3 is 5.32 Å². The van der Waals surface area contributed by atoms with E-state index in [4.69, 9.17) is 4.98 Å². The molecule has 0 unspecified atom stereocenters. The van der Waals surface area contributed by atoms with Gasteiger partial charge in [0.15, 0.2) is 11.5 Å². The summed E-state index contributed by atoms with van der Waals surface area (Å²) in [5.41, 5.74) is 1.79. The number of hydrogen-bond acceptors (Lipinski definition) is 3. The second-order valence-corrected chi connectivity index (χ2v) is 5.78. The van der Waals surface area contributed by atoms with E-state index < -0.39 is 0 Å². The molecule has 0 radical (unpaired) electrons. The number of pyridine rings is 1. The predicted molar refractivity (Wildman–Crippen MR) is 93.5 cm³/mol. The van der Waals surface area contributed by atoms with E-state index in [2.05, 4.69) is 23.4 Å². The number of hydrogen-bond donors (Lipinski definition) is 1. The number of fused-ring (bicyclic) bond motifs is 2. The number of anilines is 1. The van der Waals surface area contributed by atoms with Crippen LogP contribution in [0, 0.1) is 0 Å². The van der Waals surface area contributed by atoms with Crippen LogP contribution in [0.5, 0.6) is 0 Å². The van der Waals surface area contributed by atoms with Gasteiger partial charge in [-0.3, -0.25) is 4.79 Å². The van der Waals surface area contributed by atoms with Crippen molar-refractivity contribution in [1.82, 2.24) is 14.8 Å². The van der Waals surface area contributed by atoms with Crippen LogP contribution in [0.2, 0.25) is 0 Å². The molecule has 0 aliphatic rings. The number of nitrogens with zero attached hydrogens (tertiary/aromatic N) is 3. The third kappa shape index (κ3) is 3.18. The molecule has 5 nitrogen and oxygen atoms in total. The lowest BCUT2D eigenvalue weighted by atomic mass is 10.2. The minimum absolute atomic E-state index is 0.00250. The van der Waals surface area contributed by atoms with Gasteiger partial charge in [-0.2, -0.15) is 5.10 Å². The van der Waals surface area contributed by atoms with Crippen molar-refractivity contribution in [2.75, 3.05) is 5.32 Å². The van der Waals surface area contributed by atoms with E-state index >= 15 is 0 Å². The second-order valence-electron chi connectivity index (χ2n) is 5.78. The lowest BCUT2D eigenvalue weighted by molar-refractivity contribution is -0.116. The van der Waals surface area contributed by atoms with Crippen LogP contribution < -0.4 is 5.32 Å². The van der Waals surface area contributed by atoms with Crippen molar-refractivity contribution in [3.05, 3.63) is 30.3 Å². The maximum Gasteiger partial charge on any atom is 0.225 e. The second kappa shape index (κ2) is 6.77. The summed E-state index contributed by atoms with van der Waals surface area (Å²) in [6.45, 7) is 4.95. The molecule has 0 fully saturated rings. The van der Waals surface area contributed by atoms with Crippen molar-refractivity contribution in [1.29, 1.82) is 0 Å². The molecule has 5 heteroatoms. The molecule has 1 aromatic carbocycles. The molecular weight excluding hydrogens is 288 g/mol. The fraction of sp³-hybridized carbons (Fsp3) is 0.389. The number of rotatable bonds is 6. The maximum absolute atomic E-state index is 12.0. The highest BCUT2D eigenvalue weighted by atomic mass is 16.1. The first-order valence-corrected chi connectivity index (χ1v) is 8.29. The number of unbranched alkanes of at least 4 members (excludes halogenated alkanes) is 1. The lowest BCUT2D eigenvalue weighted by Gasteiger charge is -2.02. The quantitative estimate of drug-likeness (QED) is 0.745. The highest BCUT2D eigenvalue weighted by Crippen LogP contribution is 2.26.